The van der Waals surface area contributed by atoms with Crippen LogP contribution in [0.15, 0.2) is 42.5 Å². The van der Waals surface area contributed by atoms with Crippen molar-refractivity contribution < 1.29 is 23.4 Å². The lowest BCUT2D eigenvalue weighted by atomic mass is 9.91. The molecule has 1 heterocycles. The smallest absolute Gasteiger partial charge is 0.341 e. The summed E-state index contributed by atoms with van der Waals surface area (Å²) < 4.78 is 33.1. The van der Waals surface area contributed by atoms with E-state index in [-0.39, 0.29) is 12.2 Å². The lowest BCUT2D eigenvalue weighted by Crippen LogP contribution is -2.35. The summed E-state index contributed by atoms with van der Waals surface area (Å²) >= 11 is 0. The summed E-state index contributed by atoms with van der Waals surface area (Å²) in [4.78, 5) is 13.1. The zero-order valence-corrected chi connectivity index (χ0v) is 15.7. The van der Waals surface area contributed by atoms with Crippen molar-refractivity contribution in [1.82, 2.24) is 4.90 Å². The molecule has 0 bridgehead atoms. The van der Waals surface area contributed by atoms with E-state index in [4.69, 9.17) is 9.84 Å². The van der Waals surface area contributed by atoms with E-state index in [0.29, 0.717) is 24.6 Å². The van der Waals surface area contributed by atoms with Crippen LogP contribution in [0.4, 0.5) is 8.78 Å². The maximum Gasteiger partial charge on any atom is 0.341 e. The van der Waals surface area contributed by atoms with Gasteiger partial charge in [-0.15, -0.1) is 0 Å². The van der Waals surface area contributed by atoms with E-state index in [2.05, 4.69) is 4.90 Å². The molecule has 1 aliphatic rings. The Morgan fingerprint density at radius 1 is 1.14 bits per heavy atom. The second-order valence-electron chi connectivity index (χ2n) is 7.27. The Bertz CT molecular complexity index is 792. The van der Waals surface area contributed by atoms with Gasteiger partial charge in [0, 0.05) is 24.2 Å². The maximum absolute atomic E-state index is 13.8. The summed E-state index contributed by atoms with van der Waals surface area (Å²) in [5.74, 6) is -0.997. The number of hydrogen-bond acceptors (Lipinski definition) is 3. The number of likely N-dealkylation sites (tertiary alicyclic amines) is 1. The number of carboxylic acids is 1. The second-order valence-corrected chi connectivity index (χ2v) is 7.27. The standard InChI is InChI=1S/C22H25F2NO3/c23-19-7-3-8-20(24)18(19)11-10-16-5-4-12-25(13-16)14-17-6-1-2-9-21(17)28-15-22(26)27/h1-3,6-9,16H,4-5,10-15H2,(H,26,27). The van der Waals surface area contributed by atoms with Gasteiger partial charge in [-0.25, -0.2) is 13.6 Å². The van der Waals surface area contributed by atoms with Crippen LogP contribution in [0.5, 0.6) is 5.75 Å². The number of piperidine rings is 1. The third-order valence-corrected chi connectivity index (χ3v) is 5.19. The Balaban J connectivity index is 1.57. The number of ether oxygens (including phenoxy) is 1. The van der Waals surface area contributed by atoms with E-state index in [1.807, 2.05) is 18.2 Å². The second kappa shape index (κ2) is 9.64. The number of benzene rings is 2. The van der Waals surface area contributed by atoms with Crippen molar-refractivity contribution in [3.63, 3.8) is 0 Å². The summed E-state index contributed by atoms with van der Waals surface area (Å²) in [6, 6.07) is 11.4. The van der Waals surface area contributed by atoms with Gasteiger partial charge in [0.25, 0.3) is 0 Å². The van der Waals surface area contributed by atoms with E-state index < -0.39 is 17.6 Å². The highest BCUT2D eigenvalue weighted by Crippen LogP contribution is 2.26. The molecule has 1 atom stereocenters. The summed E-state index contributed by atoms with van der Waals surface area (Å²) in [5, 5.41) is 8.83. The minimum atomic E-state index is -1.01. The summed E-state index contributed by atoms with van der Waals surface area (Å²) in [5.41, 5.74) is 1.12. The van der Waals surface area contributed by atoms with Crippen molar-refractivity contribution in [1.29, 1.82) is 0 Å². The highest BCUT2D eigenvalue weighted by atomic mass is 19.1. The third-order valence-electron chi connectivity index (χ3n) is 5.19. The quantitative estimate of drug-likeness (QED) is 0.732. The van der Waals surface area contributed by atoms with Gasteiger partial charge in [-0.3, -0.25) is 4.90 Å². The Morgan fingerprint density at radius 2 is 1.89 bits per heavy atom. The molecule has 2 aromatic carbocycles. The fourth-order valence-corrected chi connectivity index (χ4v) is 3.81. The normalized spacial score (nSPS) is 17.4. The average Bonchev–Trinajstić information content (AvgIpc) is 2.67. The van der Waals surface area contributed by atoms with Crippen LogP contribution in [-0.4, -0.2) is 35.7 Å². The Labute approximate surface area is 163 Å². The van der Waals surface area contributed by atoms with E-state index in [1.165, 1.54) is 18.2 Å². The van der Waals surface area contributed by atoms with Gasteiger partial charge in [0.05, 0.1) is 0 Å². The number of rotatable bonds is 8. The third kappa shape index (κ3) is 5.52. The zero-order chi connectivity index (χ0) is 19.9. The molecule has 1 N–H and O–H groups in total. The highest BCUT2D eigenvalue weighted by Gasteiger charge is 2.22. The Kier molecular flexibility index (Phi) is 6.98. The van der Waals surface area contributed by atoms with Crippen LogP contribution in [0.3, 0.4) is 0 Å². The Morgan fingerprint density at radius 3 is 2.64 bits per heavy atom. The number of carbonyl (C=O) groups is 1. The van der Waals surface area contributed by atoms with Crippen LogP contribution in [0.1, 0.15) is 30.4 Å². The van der Waals surface area contributed by atoms with Crippen molar-refractivity contribution in [2.75, 3.05) is 19.7 Å². The first-order chi connectivity index (χ1) is 13.5. The molecule has 0 saturated carbocycles. The zero-order valence-electron chi connectivity index (χ0n) is 15.7. The highest BCUT2D eigenvalue weighted by molar-refractivity contribution is 5.68. The van der Waals surface area contributed by atoms with Gasteiger partial charge in [-0.2, -0.15) is 0 Å². The van der Waals surface area contributed by atoms with Crippen LogP contribution >= 0.6 is 0 Å². The minimum Gasteiger partial charge on any atom is -0.482 e. The summed E-state index contributed by atoms with van der Waals surface area (Å²) in [6.45, 7) is 2.09. The molecule has 6 heteroatoms. The SMILES string of the molecule is O=C(O)COc1ccccc1CN1CCCC(CCc2c(F)cccc2F)C1. The van der Waals surface area contributed by atoms with Crippen LogP contribution < -0.4 is 4.74 Å². The van der Waals surface area contributed by atoms with Crippen molar-refractivity contribution in [3.8, 4) is 5.75 Å². The van der Waals surface area contributed by atoms with Crippen LogP contribution in [0, 0.1) is 17.6 Å². The monoisotopic (exact) mass is 389 g/mol. The van der Waals surface area contributed by atoms with Crippen molar-refractivity contribution in [2.24, 2.45) is 5.92 Å². The summed E-state index contributed by atoms with van der Waals surface area (Å²) in [7, 11) is 0. The molecule has 0 amide bonds. The first-order valence-electron chi connectivity index (χ1n) is 9.60. The molecular formula is C22H25F2NO3. The topological polar surface area (TPSA) is 49.8 Å². The number of nitrogens with zero attached hydrogens (tertiary/aromatic N) is 1. The molecule has 1 unspecified atom stereocenters. The molecule has 2 aromatic rings. The Hall–Kier alpha value is -2.47. The molecule has 1 aliphatic heterocycles. The van der Waals surface area contributed by atoms with Gasteiger partial charge in [0.2, 0.25) is 0 Å². The first kappa shape index (κ1) is 20.3. The minimum absolute atomic E-state index is 0.173. The van der Waals surface area contributed by atoms with E-state index in [9.17, 15) is 13.6 Å². The molecular weight excluding hydrogens is 364 g/mol. The predicted octanol–water partition coefficient (Wildman–Crippen LogP) is 4.27. The number of halogens is 2. The van der Waals surface area contributed by atoms with Crippen molar-refractivity contribution >= 4 is 5.97 Å². The number of carboxylic acid groups (broad SMARTS) is 1. The van der Waals surface area contributed by atoms with Crippen molar-refractivity contribution in [2.45, 2.75) is 32.2 Å². The molecule has 0 radical (unpaired) electrons. The number of aliphatic carboxylic acids is 1. The predicted molar refractivity (Wildman–Crippen MR) is 102 cm³/mol. The van der Waals surface area contributed by atoms with E-state index in [0.717, 1.165) is 37.9 Å². The fourth-order valence-electron chi connectivity index (χ4n) is 3.81. The van der Waals surface area contributed by atoms with Gasteiger partial charge in [-0.1, -0.05) is 24.3 Å². The van der Waals surface area contributed by atoms with Crippen molar-refractivity contribution in [3.05, 3.63) is 65.2 Å². The molecule has 0 spiro atoms. The number of para-hydroxylation sites is 1. The molecule has 1 saturated heterocycles. The molecule has 150 valence electrons. The fraction of sp³-hybridized carbons (Fsp3) is 0.409. The lowest BCUT2D eigenvalue weighted by Gasteiger charge is -2.33. The van der Waals surface area contributed by atoms with E-state index in [1.54, 1.807) is 6.07 Å². The number of hydrogen-bond donors (Lipinski definition) is 1. The van der Waals surface area contributed by atoms with Gasteiger partial charge in [0.15, 0.2) is 6.61 Å². The summed E-state index contributed by atoms with van der Waals surface area (Å²) in [6.07, 6.45) is 3.22. The van der Waals surface area contributed by atoms with Gasteiger partial charge in [-0.05, 0) is 56.3 Å². The van der Waals surface area contributed by atoms with Crippen LogP contribution in [-0.2, 0) is 17.8 Å². The molecule has 0 aromatic heterocycles. The van der Waals surface area contributed by atoms with Gasteiger partial charge in [0.1, 0.15) is 17.4 Å². The lowest BCUT2D eigenvalue weighted by molar-refractivity contribution is -0.139. The van der Waals surface area contributed by atoms with Crippen LogP contribution in [0.2, 0.25) is 0 Å². The largest absolute Gasteiger partial charge is 0.482 e. The maximum atomic E-state index is 13.8. The van der Waals surface area contributed by atoms with E-state index >= 15 is 0 Å². The van der Waals surface area contributed by atoms with Gasteiger partial charge < -0.3 is 9.84 Å². The molecule has 28 heavy (non-hydrogen) atoms. The molecule has 4 nitrogen and oxygen atoms in total. The van der Waals surface area contributed by atoms with Gasteiger partial charge >= 0.3 is 5.97 Å². The average molecular weight is 389 g/mol. The molecule has 3 rings (SSSR count). The molecule has 0 aliphatic carbocycles. The van der Waals surface area contributed by atoms with Crippen LogP contribution in [0.25, 0.3) is 0 Å². The molecule has 1 fully saturated rings. The first-order valence-corrected chi connectivity index (χ1v) is 9.60.